The molecule has 0 heterocycles. The number of carboxylic acid groups (broad SMARTS) is 1. The maximum absolute atomic E-state index is 12.3. The van der Waals surface area contributed by atoms with E-state index in [9.17, 15) is 14.4 Å². The van der Waals surface area contributed by atoms with E-state index in [1.165, 1.54) is 0 Å². The minimum atomic E-state index is -0.750. The van der Waals surface area contributed by atoms with Crippen molar-refractivity contribution in [2.75, 3.05) is 33.8 Å². The Labute approximate surface area is 189 Å². The number of amides is 1. The van der Waals surface area contributed by atoms with Gasteiger partial charge >= 0.3 is 11.9 Å². The molecule has 1 atom stereocenters. The van der Waals surface area contributed by atoms with Crippen LogP contribution >= 0.6 is 0 Å². The molecule has 0 aliphatic heterocycles. The highest BCUT2D eigenvalue weighted by atomic mass is 16.5. The number of hydrogen-bond donors (Lipinski definition) is 1. The highest BCUT2D eigenvalue weighted by molar-refractivity contribution is 5.73. The van der Waals surface area contributed by atoms with Crippen LogP contribution in [0, 0.1) is 0 Å². The average Bonchev–Trinajstić information content (AvgIpc) is 2.69. The predicted octanol–water partition coefficient (Wildman–Crippen LogP) is 4.48. The molecule has 0 bridgehead atoms. The van der Waals surface area contributed by atoms with Gasteiger partial charge in [0.05, 0.1) is 6.61 Å². The van der Waals surface area contributed by atoms with Gasteiger partial charge in [-0.1, -0.05) is 32.6 Å². The van der Waals surface area contributed by atoms with E-state index in [0.29, 0.717) is 19.4 Å². The fourth-order valence-corrected chi connectivity index (χ4v) is 3.71. The third kappa shape index (κ3) is 17.7. The third-order valence-corrected chi connectivity index (χ3v) is 5.41. The Morgan fingerprint density at radius 1 is 0.839 bits per heavy atom. The van der Waals surface area contributed by atoms with Gasteiger partial charge in [0, 0.05) is 32.4 Å². The maximum atomic E-state index is 12.3. The summed E-state index contributed by atoms with van der Waals surface area (Å²) in [7, 11) is 4.11. The number of unbranched alkanes of at least 4 members (excludes halogenated alkanes) is 5. The molecule has 31 heavy (non-hydrogen) atoms. The van der Waals surface area contributed by atoms with Gasteiger partial charge in [-0.3, -0.25) is 14.4 Å². The second-order valence-corrected chi connectivity index (χ2v) is 8.69. The molecule has 0 aromatic rings. The first-order chi connectivity index (χ1) is 14.8. The second kappa shape index (κ2) is 19.1. The van der Waals surface area contributed by atoms with E-state index in [1.54, 1.807) is 6.92 Å². The Hall–Kier alpha value is -1.63. The Bertz CT molecular complexity index is 496. The van der Waals surface area contributed by atoms with Crippen LogP contribution in [0.3, 0.4) is 0 Å². The van der Waals surface area contributed by atoms with Crippen molar-refractivity contribution in [3.05, 3.63) is 0 Å². The van der Waals surface area contributed by atoms with Crippen LogP contribution in [0.25, 0.3) is 0 Å². The van der Waals surface area contributed by atoms with Gasteiger partial charge in [-0.05, 0) is 65.6 Å². The summed E-state index contributed by atoms with van der Waals surface area (Å²) < 4.78 is 5.12. The van der Waals surface area contributed by atoms with Crippen molar-refractivity contribution >= 4 is 17.8 Å². The zero-order valence-electron chi connectivity index (χ0n) is 20.4. The number of esters is 1. The molecule has 182 valence electrons. The number of carboxylic acids is 1. The van der Waals surface area contributed by atoms with E-state index in [2.05, 4.69) is 19.0 Å². The molecular formula is C24H46N2O5. The Morgan fingerprint density at radius 3 is 1.94 bits per heavy atom. The molecule has 7 heteroatoms. The first-order valence-electron chi connectivity index (χ1n) is 12.1. The molecule has 0 radical (unpaired) electrons. The number of nitrogens with zero attached hydrogens (tertiary/aromatic N) is 2. The molecule has 0 saturated heterocycles. The second-order valence-electron chi connectivity index (χ2n) is 8.69. The molecule has 0 saturated carbocycles. The van der Waals surface area contributed by atoms with Crippen LogP contribution in [0.1, 0.15) is 97.3 Å². The summed E-state index contributed by atoms with van der Waals surface area (Å²) in [5.41, 5.74) is 0. The third-order valence-electron chi connectivity index (χ3n) is 5.41. The Balaban J connectivity index is 4.55. The summed E-state index contributed by atoms with van der Waals surface area (Å²) in [5.74, 6) is -0.758. The van der Waals surface area contributed by atoms with Crippen LogP contribution in [0.5, 0.6) is 0 Å². The first kappa shape index (κ1) is 29.4. The van der Waals surface area contributed by atoms with Crippen LogP contribution in [0.2, 0.25) is 0 Å². The quantitative estimate of drug-likeness (QED) is 0.221. The highest BCUT2D eigenvalue weighted by Gasteiger charge is 2.20. The smallest absolute Gasteiger partial charge is 0.305 e. The minimum absolute atomic E-state index is 0.114. The molecule has 7 nitrogen and oxygen atoms in total. The SMILES string of the molecule is CCCOC(=O)CCCCCC(CCCCCC(=O)O)N(CCCCN(C)C)C(C)=O. The van der Waals surface area contributed by atoms with Crippen molar-refractivity contribution in [2.45, 2.75) is 103 Å². The van der Waals surface area contributed by atoms with Gasteiger partial charge in [0.2, 0.25) is 5.91 Å². The van der Waals surface area contributed by atoms with E-state index in [-0.39, 0.29) is 24.3 Å². The first-order valence-corrected chi connectivity index (χ1v) is 12.1. The topological polar surface area (TPSA) is 87.2 Å². The van der Waals surface area contributed by atoms with Gasteiger partial charge in [0.25, 0.3) is 0 Å². The van der Waals surface area contributed by atoms with E-state index >= 15 is 0 Å². The molecule has 0 aliphatic rings. The number of aliphatic carboxylic acids is 1. The molecule has 0 rings (SSSR count). The fraction of sp³-hybridized carbons (Fsp3) is 0.875. The van der Waals surface area contributed by atoms with E-state index < -0.39 is 5.97 Å². The van der Waals surface area contributed by atoms with Crippen LogP contribution in [0.4, 0.5) is 0 Å². The van der Waals surface area contributed by atoms with Crippen molar-refractivity contribution in [1.29, 1.82) is 0 Å². The lowest BCUT2D eigenvalue weighted by molar-refractivity contribution is -0.143. The lowest BCUT2D eigenvalue weighted by Gasteiger charge is -2.32. The van der Waals surface area contributed by atoms with Crippen LogP contribution in [-0.4, -0.2) is 72.6 Å². The normalized spacial score (nSPS) is 12.0. The zero-order valence-corrected chi connectivity index (χ0v) is 20.4. The van der Waals surface area contributed by atoms with Crippen molar-refractivity contribution in [1.82, 2.24) is 9.80 Å². The van der Waals surface area contributed by atoms with E-state index in [0.717, 1.165) is 77.3 Å². The predicted molar refractivity (Wildman–Crippen MR) is 124 cm³/mol. The monoisotopic (exact) mass is 442 g/mol. The van der Waals surface area contributed by atoms with Crippen molar-refractivity contribution in [2.24, 2.45) is 0 Å². The van der Waals surface area contributed by atoms with Crippen molar-refractivity contribution in [3.63, 3.8) is 0 Å². The van der Waals surface area contributed by atoms with E-state index in [1.807, 2.05) is 11.8 Å². The molecular weight excluding hydrogens is 396 g/mol. The lowest BCUT2D eigenvalue weighted by Crippen LogP contribution is -2.40. The fourth-order valence-electron chi connectivity index (χ4n) is 3.71. The molecule has 0 aromatic heterocycles. The molecule has 1 unspecified atom stereocenters. The summed E-state index contributed by atoms with van der Waals surface area (Å²) in [5, 5.41) is 8.81. The average molecular weight is 443 g/mol. The van der Waals surface area contributed by atoms with Crippen LogP contribution < -0.4 is 0 Å². The number of carbonyl (C=O) groups excluding carboxylic acids is 2. The summed E-state index contributed by atoms with van der Waals surface area (Å²) in [6.45, 7) is 5.90. The van der Waals surface area contributed by atoms with Gasteiger partial charge in [-0.15, -0.1) is 0 Å². The Kier molecular flexibility index (Phi) is 18.1. The summed E-state index contributed by atoms with van der Waals surface area (Å²) in [6.07, 6.45) is 10.6. The van der Waals surface area contributed by atoms with Crippen molar-refractivity contribution < 1.29 is 24.2 Å². The standard InChI is InChI=1S/C24H46N2O5/c1-5-20-31-24(30)17-11-7-9-15-22(14-8-6-10-16-23(28)29)26(21(2)27)19-13-12-18-25(3)4/h22H,5-20H2,1-4H3,(H,28,29). The number of hydrogen-bond acceptors (Lipinski definition) is 5. The van der Waals surface area contributed by atoms with Crippen LogP contribution in [0.15, 0.2) is 0 Å². The largest absolute Gasteiger partial charge is 0.481 e. The van der Waals surface area contributed by atoms with E-state index in [4.69, 9.17) is 9.84 Å². The molecule has 1 N–H and O–H groups in total. The highest BCUT2D eigenvalue weighted by Crippen LogP contribution is 2.19. The van der Waals surface area contributed by atoms with Crippen molar-refractivity contribution in [3.8, 4) is 0 Å². The Morgan fingerprint density at radius 2 is 1.42 bits per heavy atom. The molecule has 0 aliphatic carbocycles. The summed E-state index contributed by atoms with van der Waals surface area (Å²) >= 11 is 0. The van der Waals surface area contributed by atoms with Gasteiger partial charge in [-0.2, -0.15) is 0 Å². The molecule has 0 spiro atoms. The number of rotatable bonds is 20. The van der Waals surface area contributed by atoms with Gasteiger partial charge < -0.3 is 19.6 Å². The number of ether oxygens (including phenoxy) is 1. The van der Waals surface area contributed by atoms with Gasteiger partial charge in [-0.25, -0.2) is 0 Å². The summed E-state index contributed by atoms with van der Waals surface area (Å²) in [4.78, 5) is 38.8. The lowest BCUT2D eigenvalue weighted by atomic mass is 9.99. The van der Waals surface area contributed by atoms with Gasteiger partial charge in [0.1, 0.15) is 0 Å². The minimum Gasteiger partial charge on any atom is -0.481 e. The molecule has 0 fully saturated rings. The molecule has 0 aromatic carbocycles. The zero-order chi connectivity index (χ0) is 23.5. The number of carbonyl (C=O) groups is 3. The van der Waals surface area contributed by atoms with Gasteiger partial charge in [0.15, 0.2) is 0 Å². The summed E-state index contributed by atoms with van der Waals surface area (Å²) in [6, 6.07) is 0.189. The van der Waals surface area contributed by atoms with Crippen LogP contribution in [-0.2, 0) is 19.1 Å². The maximum Gasteiger partial charge on any atom is 0.305 e. The molecule has 1 amide bonds.